The monoisotopic (exact) mass is 568 g/mol. The summed E-state index contributed by atoms with van der Waals surface area (Å²) in [6, 6.07) is 14.5. The molecule has 2 aromatic carbocycles. The average Bonchev–Trinajstić information content (AvgIpc) is 2.93. The first-order valence-corrected chi connectivity index (χ1v) is 16.3. The minimum absolute atomic E-state index is 0.0216. The van der Waals surface area contributed by atoms with Crippen molar-refractivity contribution in [2.75, 3.05) is 30.6 Å². The van der Waals surface area contributed by atoms with E-state index in [1.54, 1.807) is 24.3 Å². The van der Waals surface area contributed by atoms with Gasteiger partial charge in [0, 0.05) is 31.4 Å². The van der Waals surface area contributed by atoms with Crippen molar-refractivity contribution in [3.05, 3.63) is 54.1 Å². The number of carbonyl (C=O) groups excluding carboxylic acids is 2. The van der Waals surface area contributed by atoms with Crippen LogP contribution in [0.1, 0.15) is 56.9 Å². The minimum atomic E-state index is -3.32. The second-order valence-corrected chi connectivity index (χ2v) is 13.2. The van der Waals surface area contributed by atoms with Crippen molar-refractivity contribution < 1.29 is 22.7 Å². The van der Waals surface area contributed by atoms with Gasteiger partial charge in [0.15, 0.2) is 0 Å². The van der Waals surface area contributed by atoms with Gasteiger partial charge in [-0.3, -0.25) is 19.2 Å². The van der Waals surface area contributed by atoms with Gasteiger partial charge in [0.2, 0.25) is 21.8 Å². The molecule has 1 aliphatic carbocycles. The van der Waals surface area contributed by atoms with Gasteiger partial charge >= 0.3 is 0 Å². The number of hydrogen-bond donors (Lipinski definition) is 2. The van der Waals surface area contributed by atoms with Crippen LogP contribution in [0.2, 0.25) is 0 Å². The van der Waals surface area contributed by atoms with Crippen LogP contribution in [0.4, 0.5) is 5.69 Å². The molecule has 0 bridgehead atoms. The topological polar surface area (TPSA) is 108 Å². The Morgan fingerprint density at radius 2 is 1.52 bits per heavy atom. The van der Waals surface area contributed by atoms with Gasteiger partial charge in [-0.25, -0.2) is 8.42 Å². The molecule has 2 aliphatic heterocycles. The first-order chi connectivity index (χ1) is 19.2. The molecule has 2 amide bonds. The van der Waals surface area contributed by atoms with Gasteiger partial charge in [-0.05, 0) is 67.1 Å². The van der Waals surface area contributed by atoms with Gasteiger partial charge in [-0.1, -0.05) is 44.2 Å². The molecule has 2 aromatic rings. The SMILES string of the molecule is CS(=O)(=O)Nc1ccc(Oc2ccc(CN3CCC(N4CC(=O)NC(CC5CCCCC5)C4=O)CC3)cc2)cc1. The zero-order chi connectivity index (χ0) is 28.1. The summed E-state index contributed by atoms with van der Waals surface area (Å²) in [4.78, 5) is 30.0. The van der Waals surface area contributed by atoms with E-state index in [2.05, 4.69) is 27.1 Å². The molecule has 10 heteroatoms. The number of nitrogens with one attached hydrogen (secondary N) is 2. The van der Waals surface area contributed by atoms with Crippen LogP contribution in [0, 0.1) is 5.92 Å². The number of likely N-dealkylation sites (tertiary alicyclic amines) is 1. The van der Waals surface area contributed by atoms with Crippen LogP contribution < -0.4 is 14.8 Å². The molecule has 40 heavy (non-hydrogen) atoms. The van der Waals surface area contributed by atoms with E-state index < -0.39 is 10.0 Å². The Hall–Kier alpha value is -3.11. The molecular weight excluding hydrogens is 528 g/mol. The van der Waals surface area contributed by atoms with E-state index in [4.69, 9.17) is 4.74 Å². The smallest absolute Gasteiger partial charge is 0.245 e. The molecule has 1 atom stereocenters. The van der Waals surface area contributed by atoms with Crippen molar-refractivity contribution in [3.8, 4) is 11.5 Å². The largest absolute Gasteiger partial charge is 0.457 e. The molecular formula is C30H40N4O5S. The Morgan fingerprint density at radius 1 is 0.900 bits per heavy atom. The summed E-state index contributed by atoms with van der Waals surface area (Å²) in [5.74, 6) is 1.96. The maximum atomic E-state index is 13.3. The molecule has 216 valence electrons. The molecule has 0 aromatic heterocycles. The highest BCUT2D eigenvalue weighted by molar-refractivity contribution is 7.92. The fourth-order valence-electron chi connectivity index (χ4n) is 6.21. The molecule has 0 radical (unpaired) electrons. The van der Waals surface area contributed by atoms with E-state index >= 15 is 0 Å². The Bertz CT molecular complexity index is 1270. The van der Waals surface area contributed by atoms with Crippen molar-refractivity contribution in [3.63, 3.8) is 0 Å². The first-order valence-electron chi connectivity index (χ1n) is 14.4. The van der Waals surface area contributed by atoms with Crippen molar-refractivity contribution >= 4 is 27.5 Å². The predicted molar refractivity (Wildman–Crippen MR) is 155 cm³/mol. The quantitative estimate of drug-likeness (QED) is 0.471. The predicted octanol–water partition coefficient (Wildman–Crippen LogP) is 4.11. The molecule has 1 saturated carbocycles. The van der Waals surface area contributed by atoms with Crippen LogP contribution in [0.3, 0.4) is 0 Å². The van der Waals surface area contributed by atoms with E-state index in [1.165, 1.54) is 37.7 Å². The molecule has 2 saturated heterocycles. The number of carbonyl (C=O) groups is 2. The van der Waals surface area contributed by atoms with Gasteiger partial charge in [-0.2, -0.15) is 0 Å². The highest BCUT2D eigenvalue weighted by Crippen LogP contribution is 2.30. The van der Waals surface area contributed by atoms with Crippen LogP contribution in [-0.4, -0.2) is 68.0 Å². The zero-order valence-electron chi connectivity index (χ0n) is 23.2. The summed E-state index contributed by atoms with van der Waals surface area (Å²) in [6.07, 6.45) is 9.74. The van der Waals surface area contributed by atoms with E-state index in [-0.39, 0.29) is 30.4 Å². The number of piperidine rings is 1. The average molecular weight is 569 g/mol. The maximum absolute atomic E-state index is 13.3. The van der Waals surface area contributed by atoms with Gasteiger partial charge in [-0.15, -0.1) is 0 Å². The highest BCUT2D eigenvalue weighted by Gasteiger charge is 2.38. The van der Waals surface area contributed by atoms with Crippen LogP contribution in [0.5, 0.6) is 11.5 Å². The summed E-state index contributed by atoms with van der Waals surface area (Å²) in [7, 11) is -3.32. The summed E-state index contributed by atoms with van der Waals surface area (Å²) in [6.45, 7) is 2.77. The normalized spacial score (nSPS) is 21.7. The lowest BCUT2D eigenvalue weighted by Gasteiger charge is -2.42. The Balaban J connectivity index is 1.09. The first kappa shape index (κ1) is 28.4. The lowest BCUT2D eigenvalue weighted by molar-refractivity contribution is -0.148. The third-order valence-electron chi connectivity index (χ3n) is 8.24. The third kappa shape index (κ3) is 7.75. The molecule has 2 heterocycles. The Labute approximate surface area is 237 Å². The molecule has 3 fully saturated rings. The second kappa shape index (κ2) is 12.6. The standard InChI is InChI=1S/C30H40N4O5S/c1-40(37,38)32-24-9-13-27(14-10-24)39-26-11-7-23(8-12-26)20-33-17-15-25(16-18-33)34-21-29(35)31-28(30(34)36)19-22-5-3-2-4-6-22/h7-14,22,25,28,32H,2-6,15-21H2,1H3,(H,31,35). The molecule has 3 aliphatic rings. The maximum Gasteiger partial charge on any atom is 0.245 e. The van der Waals surface area contributed by atoms with Gasteiger partial charge in [0.1, 0.15) is 17.5 Å². The Kier molecular flexibility index (Phi) is 8.95. The van der Waals surface area contributed by atoms with Crippen molar-refractivity contribution in [2.45, 2.75) is 70.0 Å². The number of hydrogen-bond acceptors (Lipinski definition) is 6. The van der Waals surface area contributed by atoms with E-state index in [9.17, 15) is 18.0 Å². The fraction of sp³-hybridized carbons (Fsp3) is 0.533. The van der Waals surface area contributed by atoms with Crippen LogP contribution >= 0.6 is 0 Å². The number of piperazine rings is 1. The van der Waals surface area contributed by atoms with E-state index in [1.807, 2.05) is 17.0 Å². The lowest BCUT2D eigenvalue weighted by Crippen LogP contribution is -2.62. The number of benzene rings is 2. The molecule has 1 unspecified atom stereocenters. The van der Waals surface area contributed by atoms with Crippen LogP contribution in [0.15, 0.2) is 48.5 Å². The van der Waals surface area contributed by atoms with Crippen molar-refractivity contribution in [2.24, 2.45) is 5.92 Å². The highest BCUT2D eigenvalue weighted by atomic mass is 32.2. The van der Waals surface area contributed by atoms with Crippen molar-refractivity contribution in [1.29, 1.82) is 0 Å². The number of ether oxygens (including phenoxy) is 1. The Morgan fingerprint density at radius 3 is 2.15 bits per heavy atom. The van der Waals surface area contributed by atoms with E-state index in [0.29, 0.717) is 23.1 Å². The van der Waals surface area contributed by atoms with Crippen LogP contribution in [-0.2, 0) is 26.2 Å². The number of rotatable bonds is 9. The number of amides is 2. The van der Waals surface area contributed by atoms with Gasteiger partial charge in [0.25, 0.3) is 0 Å². The van der Waals surface area contributed by atoms with Crippen LogP contribution in [0.25, 0.3) is 0 Å². The third-order valence-corrected chi connectivity index (χ3v) is 8.85. The molecule has 9 nitrogen and oxygen atoms in total. The molecule has 0 spiro atoms. The van der Waals surface area contributed by atoms with Gasteiger partial charge < -0.3 is 15.0 Å². The minimum Gasteiger partial charge on any atom is -0.457 e. The summed E-state index contributed by atoms with van der Waals surface area (Å²) < 4.78 is 31.1. The zero-order valence-corrected chi connectivity index (χ0v) is 24.0. The lowest BCUT2D eigenvalue weighted by atomic mass is 9.84. The summed E-state index contributed by atoms with van der Waals surface area (Å²) in [5.41, 5.74) is 1.67. The summed E-state index contributed by atoms with van der Waals surface area (Å²) in [5, 5.41) is 2.98. The van der Waals surface area contributed by atoms with E-state index in [0.717, 1.165) is 45.2 Å². The molecule has 5 rings (SSSR count). The number of nitrogens with zero attached hydrogens (tertiary/aromatic N) is 2. The van der Waals surface area contributed by atoms with Gasteiger partial charge in [0.05, 0.1) is 12.8 Å². The molecule has 2 N–H and O–H groups in total. The second-order valence-electron chi connectivity index (χ2n) is 11.5. The summed E-state index contributed by atoms with van der Waals surface area (Å²) >= 11 is 0. The van der Waals surface area contributed by atoms with Crippen molar-refractivity contribution in [1.82, 2.24) is 15.1 Å². The number of anilines is 1. The fourth-order valence-corrected chi connectivity index (χ4v) is 6.78. The number of sulfonamides is 1.